The molecule has 0 heteroatoms. The van der Waals surface area contributed by atoms with Gasteiger partial charge in [-0.2, -0.15) is 0 Å². The molecule has 18 heavy (non-hydrogen) atoms. The van der Waals surface area contributed by atoms with Crippen molar-refractivity contribution in [1.82, 2.24) is 0 Å². The maximum Gasteiger partial charge on any atom is -0.0149 e. The van der Waals surface area contributed by atoms with Crippen molar-refractivity contribution in [2.24, 2.45) is 0 Å². The lowest BCUT2D eigenvalue weighted by Crippen LogP contribution is -2.10. The van der Waals surface area contributed by atoms with E-state index in [1.165, 1.54) is 37.7 Å². The molecule has 0 aromatic heterocycles. The Morgan fingerprint density at radius 2 is 1.67 bits per heavy atom. The Morgan fingerprint density at radius 3 is 2.06 bits per heavy atom. The Hall–Kier alpha value is -1.56. The second-order valence-corrected chi connectivity index (χ2v) is 5.21. The maximum absolute atomic E-state index is 2.89. The lowest BCUT2D eigenvalue weighted by molar-refractivity contribution is 0.443. The first kappa shape index (κ1) is 11.5. The van der Waals surface area contributed by atoms with Crippen molar-refractivity contribution in [3.8, 4) is 11.1 Å². The highest BCUT2D eigenvalue weighted by Crippen LogP contribution is 2.45. The van der Waals surface area contributed by atoms with E-state index in [2.05, 4.69) is 24.3 Å². The highest BCUT2D eigenvalue weighted by molar-refractivity contribution is 5.81. The van der Waals surface area contributed by atoms with Gasteiger partial charge in [-0.15, -0.1) is 0 Å². The molecule has 0 heterocycles. The third kappa shape index (κ3) is 2.33. The molecule has 4 rings (SSSR count). The molecule has 0 amide bonds. The lowest BCUT2D eigenvalue weighted by Gasteiger charge is -2.30. The van der Waals surface area contributed by atoms with Crippen molar-refractivity contribution < 1.29 is 0 Å². The number of fused-ring (bicyclic) bond motifs is 1. The van der Waals surface area contributed by atoms with Gasteiger partial charge in [0.15, 0.2) is 0 Å². The molecule has 0 N–H and O–H groups in total. The Labute approximate surface area is 110 Å². The van der Waals surface area contributed by atoms with Crippen LogP contribution in [0.5, 0.6) is 0 Å². The summed E-state index contributed by atoms with van der Waals surface area (Å²) in [6.45, 7) is 0. The van der Waals surface area contributed by atoms with Gasteiger partial charge < -0.3 is 0 Å². The van der Waals surface area contributed by atoms with Gasteiger partial charge in [0.05, 0.1) is 0 Å². The molecule has 1 aromatic rings. The molecule has 3 aliphatic carbocycles. The molecular weight excluding hydrogens is 216 g/mol. The largest absolute Gasteiger partial charge is 0.0622 e. The van der Waals surface area contributed by atoms with E-state index >= 15 is 0 Å². The second kappa shape index (κ2) is 5.39. The summed E-state index contributed by atoms with van der Waals surface area (Å²) < 4.78 is 0. The van der Waals surface area contributed by atoms with Crippen molar-refractivity contribution in [3.63, 3.8) is 0 Å². The van der Waals surface area contributed by atoms with Gasteiger partial charge in [-0.05, 0) is 41.5 Å². The number of benzene rings is 2. The van der Waals surface area contributed by atoms with Crippen LogP contribution in [-0.4, -0.2) is 0 Å². The monoisotopic (exact) mass is 235 g/mol. The van der Waals surface area contributed by atoms with Gasteiger partial charge in [0.25, 0.3) is 0 Å². The highest BCUT2D eigenvalue weighted by atomic mass is 14.3. The fraction of sp³-hybridized carbons (Fsp3) is 0.333. The Morgan fingerprint density at radius 1 is 0.889 bits per heavy atom. The molecule has 91 valence electrons. The van der Waals surface area contributed by atoms with E-state index in [1.54, 1.807) is 11.1 Å². The summed E-state index contributed by atoms with van der Waals surface area (Å²) >= 11 is 0. The summed E-state index contributed by atoms with van der Waals surface area (Å²) in [5.74, 6) is 0.919. The summed E-state index contributed by atoms with van der Waals surface area (Å²) in [6, 6.07) is 19.4. The average molecular weight is 235 g/mol. The summed E-state index contributed by atoms with van der Waals surface area (Å²) in [5, 5.41) is 0. The number of rotatable bonds is 1. The zero-order valence-corrected chi connectivity index (χ0v) is 10.7. The normalized spacial score (nSPS) is 16.7. The molecule has 1 saturated carbocycles. The molecule has 1 radical (unpaired) electrons. The first-order chi connectivity index (χ1) is 8.95. The smallest absolute Gasteiger partial charge is 0.0149 e. The van der Waals surface area contributed by atoms with E-state index < -0.39 is 0 Å². The van der Waals surface area contributed by atoms with Crippen LogP contribution in [0.4, 0.5) is 0 Å². The molecular formula is C18H19. The fourth-order valence-electron chi connectivity index (χ4n) is 2.91. The minimum absolute atomic E-state index is 0.919. The van der Waals surface area contributed by atoms with Crippen molar-refractivity contribution in [1.29, 1.82) is 0 Å². The molecule has 0 bridgehead atoms. The van der Waals surface area contributed by atoms with Gasteiger partial charge in [0.1, 0.15) is 0 Å². The highest BCUT2D eigenvalue weighted by Gasteiger charge is 2.24. The molecule has 0 nitrogen and oxygen atoms in total. The van der Waals surface area contributed by atoms with Crippen molar-refractivity contribution in [2.45, 2.75) is 38.0 Å². The lowest BCUT2D eigenvalue weighted by atomic mass is 9.75. The van der Waals surface area contributed by atoms with Gasteiger partial charge in [-0.1, -0.05) is 67.8 Å². The molecule has 3 aliphatic rings. The van der Waals surface area contributed by atoms with E-state index in [1.807, 2.05) is 30.3 Å². The van der Waals surface area contributed by atoms with Gasteiger partial charge in [-0.25, -0.2) is 0 Å². The summed E-state index contributed by atoms with van der Waals surface area (Å²) in [7, 11) is 0. The predicted molar refractivity (Wildman–Crippen MR) is 76.5 cm³/mol. The van der Waals surface area contributed by atoms with E-state index in [0.29, 0.717) is 0 Å². The molecule has 0 saturated heterocycles. The van der Waals surface area contributed by atoms with E-state index in [-0.39, 0.29) is 0 Å². The summed E-state index contributed by atoms with van der Waals surface area (Å²) in [5.41, 5.74) is 4.77. The van der Waals surface area contributed by atoms with Crippen LogP contribution in [0.15, 0.2) is 48.5 Å². The first-order valence-electron chi connectivity index (χ1n) is 7.00. The summed E-state index contributed by atoms with van der Waals surface area (Å²) in [4.78, 5) is 0. The van der Waals surface area contributed by atoms with Crippen LogP contribution in [-0.2, 0) is 0 Å². The van der Waals surface area contributed by atoms with Gasteiger partial charge in [0, 0.05) is 0 Å². The van der Waals surface area contributed by atoms with Gasteiger partial charge in [-0.3, -0.25) is 0 Å². The van der Waals surface area contributed by atoms with E-state index in [9.17, 15) is 0 Å². The van der Waals surface area contributed by atoms with Crippen LogP contribution in [0.2, 0.25) is 0 Å². The van der Waals surface area contributed by atoms with Crippen LogP contribution in [0.3, 0.4) is 0 Å². The molecule has 0 atom stereocenters. The minimum Gasteiger partial charge on any atom is -0.0622 e. The van der Waals surface area contributed by atoms with Crippen LogP contribution < -0.4 is 0 Å². The van der Waals surface area contributed by atoms with Gasteiger partial charge >= 0.3 is 0 Å². The average Bonchev–Trinajstić information content (AvgIpc) is 2.45. The van der Waals surface area contributed by atoms with Crippen LogP contribution in [0.1, 0.15) is 43.6 Å². The van der Waals surface area contributed by atoms with Crippen molar-refractivity contribution in [3.05, 3.63) is 60.2 Å². The van der Waals surface area contributed by atoms with Crippen LogP contribution in [0, 0.1) is 6.07 Å². The molecule has 0 aliphatic heterocycles. The van der Waals surface area contributed by atoms with E-state index in [0.717, 1.165) is 5.92 Å². The Bertz CT molecular complexity index is 466. The van der Waals surface area contributed by atoms with Crippen molar-refractivity contribution >= 4 is 0 Å². The van der Waals surface area contributed by atoms with Gasteiger partial charge in [0.2, 0.25) is 0 Å². The van der Waals surface area contributed by atoms with Crippen molar-refractivity contribution in [2.75, 3.05) is 0 Å². The molecule has 0 spiro atoms. The fourth-order valence-corrected chi connectivity index (χ4v) is 2.91. The quantitative estimate of drug-likeness (QED) is 0.543. The van der Waals surface area contributed by atoms with Crippen LogP contribution >= 0.6 is 0 Å². The molecule has 0 unspecified atom stereocenters. The zero-order chi connectivity index (χ0) is 12.2. The summed E-state index contributed by atoms with van der Waals surface area (Å²) in [6.07, 6.45) is 7.25. The third-order valence-corrected chi connectivity index (χ3v) is 4.01. The maximum atomic E-state index is 2.89. The third-order valence-electron chi connectivity index (χ3n) is 4.01. The number of hydrogen-bond donors (Lipinski definition) is 0. The standard InChI is InChI=1S/C12H14.C6H5/c1-2-4-9(5-3-1)12-8-10-6-7-11(10)12;1-2-4-6-5-3-1/h6-9H,1-5H2;1-5H. The Kier molecular flexibility index (Phi) is 3.45. The molecule has 1 fully saturated rings. The van der Waals surface area contributed by atoms with E-state index in [4.69, 9.17) is 0 Å². The predicted octanol–water partition coefficient (Wildman–Crippen LogP) is 5.20. The zero-order valence-electron chi connectivity index (χ0n) is 10.7. The first-order valence-corrected chi connectivity index (χ1v) is 7.00. The SMILES string of the molecule is [c]1ccccc1.c1cc2c(C3CCCCC3)cc1-2. The number of hydrogen-bond acceptors (Lipinski definition) is 0. The van der Waals surface area contributed by atoms with Crippen LogP contribution in [0.25, 0.3) is 11.1 Å². The molecule has 1 aromatic carbocycles. The topological polar surface area (TPSA) is 0 Å². The Balaban J connectivity index is 0.000000142. The minimum atomic E-state index is 0.919. The second-order valence-electron chi connectivity index (χ2n) is 5.21.